The minimum Gasteiger partial charge on any atom is -0.410 e. The molecule has 1 saturated heterocycles. The van der Waals surface area contributed by atoms with Crippen molar-refractivity contribution in [1.29, 1.82) is 0 Å². The number of amides is 1. The monoisotopic (exact) mass is 456 g/mol. The number of carbonyl (C=O) groups is 1. The predicted octanol–water partition coefficient (Wildman–Crippen LogP) is 5.44. The molecule has 0 spiro atoms. The van der Waals surface area contributed by atoms with Gasteiger partial charge in [-0.25, -0.2) is 4.79 Å². The van der Waals surface area contributed by atoms with Crippen LogP contribution in [0.4, 0.5) is 18.0 Å². The second-order valence-corrected chi connectivity index (χ2v) is 9.08. The minimum atomic E-state index is -4.40. The van der Waals surface area contributed by atoms with E-state index in [4.69, 9.17) is 9.47 Å². The average Bonchev–Trinajstić information content (AvgIpc) is 2.79. The third kappa shape index (κ3) is 7.96. The van der Waals surface area contributed by atoms with Crippen LogP contribution in [-0.4, -0.2) is 62.3 Å². The largest absolute Gasteiger partial charge is 0.416 e. The van der Waals surface area contributed by atoms with Crippen molar-refractivity contribution in [3.63, 3.8) is 0 Å². The van der Waals surface area contributed by atoms with Gasteiger partial charge in [0.1, 0.15) is 5.75 Å². The molecule has 180 valence electrons. The quantitative estimate of drug-likeness (QED) is 0.522. The SMILES string of the molecule is CN(CC[C@H]1CC[C@H](CCCN2CCOCC2)CC1)C(=O)Oc1ccc(C(F)(F)F)cc1. The first-order valence-electron chi connectivity index (χ1n) is 11.7. The number of alkyl halides is 3. The Morgan fingerprint density at radius 2 is 1.66 bits per heavy atom. The second kappa shape index (κ2) is 11.9. The molecule has 1 aliphatic carbocycles. The van der Waals surface area contributed by atoms with Gasteiger partial charge >= 0.3 is 12.3 Å². The fourth-order valence-electron chi connectivity index (χ4n) is 4.60. The van der Waals surface area contributed by atoms with Crippen molar-refractivity contribution in [3.8, 4) is 5.75 Å². The lowest BCUT2D eigenvalue weighted by molar-refractivity contribution is -0.137. The van der Waals surface area contributed by atoms with Crippen molar-refractivity contribution in [2.75, 3.05) is 46.4 Å². The van der Waals surface area contributed by atoms with Gasteiger partial charge < -0.3 is 14.4 Å². The summed E-state index contributed by atoms with van der Waals surface area (Å²) in [7, 11) is 1.67. The topological polar surface area (TPSA) is 42.0 Å². The molecule has 32 heavy (non-hydrogen) atoms. The van der Waals surface area contributed by atoms with Gasteiger partial charge in [0.2, 0.25) is 0 Å². The van der Waals surface area contributed by atoms with E-state index in [1.807, 2.05) is 0 Å². The third-order valence-electron chi connectivity index (χ3n) is 6.73. The Morgan fingerprint density at radius 3 is 2.25 bits per heavy atom. The zero-order valence-electron chi connectivity index (χ0n) is 18.9. The molecule has 0 aromatic heterocycles. The number of benzene rings is 1. The maximum atomic E-state index is 12.6. The van der Waals surface area contributed by atoms with Crippen molar-refractivity contribution in [3.05, 3.63) is 29.8 Å². The highest BCUT2D eigenvalue weighted by atomic mass is 19.4. The van der Waals surface area contributed by atoms with Crippen LogP contribution in [0.2, 0.25) is 0 Å². The summed E-state index contributed by atoms with van der Waals surface area (Å²) < 4.78 is 48.5. The Labute approximate surface area is 188 Å². The van der Waals surface area contributed by atoms with Crippen LogP contribution in [0.1, 0.15) is 50.5 Å². The van der Waals surface area contributed by atoms with E-state index in [1.165, 1.54) is 62.1 Å². The van der Waals surface area contributed by atoms with Crippen LogP contribution in [0.15, 0.2) is 24.3 Å². The molecule has 0 N–H and O–H groups in total. The summed E-state index contributed by atoms with van der Waals surface area (Å²) in [5.41, 5.74) is -0.762. The Kier molecular flexibility index (Phi) is 9.22. The molecular formula is C24H35F3N2O3. The zero-order chi connectivity index (χ0) is 23.0. The molecule has 2 aliphatic rings. The van der Waals surface area contributed by atoms with Crippen LogP contribution in [0.25, 0.3) is 0 Å². The van der Waals surface area contributed by atoms with E-state index in [-0.39, 0.29) is 5.75 Å². The number of hydrogen-bond acceptors (Lipinski definition) is 4. The maximum Gasteiger partial charge on any atom is 0.416 e. The molecule has 2 fully saturated rings. The van der Waals surface area contributed by atoms with Crippen molar-refractivity contribution >= 4 is 6.09 Å². The van der Waals surface area contributed by atoms with Crippen LogP contribution < -0.4 is 4.74 Å². The van der Waals surface area contributed by atoms with Gasteiger partial charge in [0, 0.05) is 26.7 Å². The lowest BCUT2D eigenvalue weighted by Crippen LogP contribution is -2.37. The van der Waals surface area contributed by atoms with Crippen molar-refractivity contribution < 1.29 is 27.4 Å². The summed E-state index contributed by atoms with van der Waals surface area (Å²) in [6.45, 7) is 5.60. The molecule has 8 heteroatoms. The number of ether oxygens (including phenoxy) is 2. The molecule has 0 radical (unpaired) electrons. The Hall–Kier alpha value is -1.80. The summed E-state index contributed by atoms with van der Waals surface area (Å²) >= 11 is 0. The molecule has 1 aromatic carbocycles. The summed E-state index contributed by atoms with van der Waals surface area (Å²) in [6.07, 6.45) is 3.45. The standard InChI is InChI=1S/C24H35F3N2O3/c1-28(23(30)32-22-10-8-21(9-11-22)24(25,26)27)14-12-20-6-4-19(5-7-20)3-2-13-29-15-17-31-18-16-29/h8-11,19-20H,2-7,12-18H2,1H3/t19-,20-. The van der Waals surface area contributed by atoms with Crippen LogP contribution in [0.3, 0.4) is 0 Å². The molecule has 5 nitrogen and oxygen atoms in total. The molecule has 0 bridgehead atoms. The normalized spacial score (nSPS) is 22.5. The predicted molar refractivity (Wildman–Crippen MR) is 117 cm³/mol. The number of morpholine rings is 1. The number of carbonyl (C=O) groups excluding carboxylic acids is 1. The first-order chi connectivity index (χ1) is 15.3. The Bertz CT molecular complexity index is 697. The van der Waals surface area contributed by atoms with Gasteiger partial charge in [0.25, 0.3) is 0 Å². The van der Waals surface area contributed by atoms with Crippen molar-refractivity contribution in [2.24, 2.45) is 11.8 Å². The van der Waals surface area contributed by atoms with Gasteiger partial charge in [0.05, 0.1) is 18.8 Å². The van der Waals surface area contributed by atoms with E-state index in [2.05, 4.69) is 4.90 Å². The minimum absolute atomic E-state index is 0.118. The van der Waals surface area contributed by atoms with E-state index in [9.17, 15) is 18.0 Å². The highest BCUT2D eigenvalue weighted by Crippen LogP contribution is 2.33. The summed E-state index contributed by atoms with van der Waals surface area (Å²) in [6, 6.07) is 4.19. The molecule has 1 heterocycles. The van der Waals surface area contributed by atoms with Gasteiger partial charge in [-0.2, -0.15) is 13.2 Å². The molecule has 0 atom stereocenters. The highest BCUT2D eigenvalue weighted by molar-refractivity contribution is 5.70. The van der Waals surface area contributed by atoms with E-state index in [0.717, 1.165) is 50.8 Å². The number of nitrogens with zero attached hydrogens (tertiary/aromatic N) is 2. The summed E-state index contributed by atoms with van der Waals surface area (Å²) in [5.74, 6) is 1.55. The smallest absolute Gasteiger partial charge is 0.410 e. The van der Waals surface area contributed by atoms with Crippen LogP contribution >= 0.6 is 0 Å². The van der Waals surface area contributed by atoms with Crippen molar-refractivity contribution in [2.45, 2.75) is 51.1 Å². The van der Waals surface area contributed by atoms with Crippen LogP contribution in [-0.2, 0) is 10.9 Å². The first kappa shape index (κ1) is 24.8. The summed E-state index contributed by atoms with van der Waals surface area (Å²) in [5, 5.41) is 0. The molecular weight excluding hydrogens is 421 g/mol. The van der Waals surface area contributed by atoms with Crippen LogP contribution in [0.5, 0.6) is 5.75 Å². The number of halogens is 3. The average molecular weight is 457 g/mol. The zero-order valence-corrected chi connectivity index (χ0v) is 18.9. The first-order valence-corrected chi connectivity index (χ1v) is 11.7. The molecule has 1 saturated carbocycles. The highest BCUT2D eigenvalue weighted by Gasteiger charge is 2.30. The third-order valence-corrected chi connectivity index (χ3v) is 6.73. The molecule has 0 unspecified atom stereocenters. The molecule has 1 aromatic rings. The van der Waals surface area contributed by atoms with Gasteiger partial charge in [-0.3, -0.25) is 4.90 Å². The molecule has 3 rings (SSSR count). The second-order valence-electron chi connectivity index (χ2n) is 9.08. The van der Waals surface area contributed by atoms with Crippen LogP contribution in [0, 0.1) is 11.8 Å². The summed E-state index contributed by atoms with van der Waals surface area (Å²) in [4.78, 5) is 16.2. The van der Waals surface area contributed by atoms with E-state index in [1.54, 1.807) is 7.05 Å². The molecule has 1 aliphatic heterocycles. The van der Waals surface area contributed by atoms with Crippen molar-refractivity contribution in [1.82, 2.24) is 9.80 Å². The fourth-order valence-corrected chi connectivity index (χ4v) is 4.60. The van der Waals surface area contributed by atoms with Gasteiger partial charge in [-0.1, -0.05) is 25.7 Å². The molecule has 1 amide bonds. The fraction of sp³-hybridized carbons (Fsp3) is 0.708. The Morgan fingerprint density at radius 1 is 1.06 bits per heavy atom. The lowest BCUT2D eigenvalue weighted by atomic mass is 9.78. The van der Waals surface area contributed by atoms with E-state index < -0.39 is 17.8 Å². The number of rotatable bonds is 8. The van der Waals surface area contributed by atoms with Gasteiger partial charge in [-0.05, 0) is 61.9 Å². The van der Waals surface area contributed by atoms with E-state index >= 15 is 0 Å². The lowest BCUT2D eigenvalue weighted by Gasteiger charge is -2.31. The Balaban J connectivity index is 1.29. The number of hydrogen-bond donors (Lipinski definition) is 0. The maximum absolute atomic E-state index is 12.6. The van der Waals surface area contributed by atoms with E-state index in [0.29, 0.717) is 12.5 Å². The van der Waals surface area contributed by atoms with Gasteiger partial charge in [-0.15, -0.1) is 0 Å². The van der Waals surface area contributed by atoms with Gasteiger partial charge in [0.15, 0.2) is 0 Å².